The summed E-state index contributed by atoms with van der Waals surface area (Å²) in [4.78, 5) is 23.1. The first-order valence-electron chi connectivity index (χ1n) is 20.0. The minimum absolute atomic E-state index is 0.0374. The third-order valence-electron chi connectivity index (χ3n) is 9.33. The first-order valence-corrected chi connectivity index (χ1v) is 20.0. The van der Waals surface area contributed by atoms with E-state index < -0.39 is 5.97 Å². The average molecular weight is 623 g/mol. The molecule has 4 heteroatoms. The van der Waals surface area contributed by atoms with Crippen LogP contribution in [0.4, 0.5) is 0 Å². The second-order valence-electron chi connectivity index (χ2n) is 13.8. The third-order valence-corrected chi connectivity index (χ3v) is 9.33. The Morgan fingerprint density at radius 1 is 0.409 bits per heavy atom. The molecule has 44 heavy (non-hydrogen) atoms. The van der Waals surface area contributed by atoms with Gasteiger partial charge in [0.2, 0.25) is 0 Å². The molecule has 1 atom stereocenters. The molecule has 0 aromatic rings. The van der Waals surface area contributed by atoms with Crippen LogP contribution in [0.3, 0.4) is 0 Å². The minimum atomic E-state index is -0.670. The molecule has 262 valence electrons. The van der Waals surface area contributed by atoms with Crippen LogP contribution in [-0.4, -0.2) is 23.1 Å². The molecular formula is C40H78O4. The van der Waals surface area contributed by atoms with Crippen LogP contribution in [0.1, 0.15) is 239 Å². The van der Waals surface area contributed by atoms with Gasteiger partial charge in [0.15, 0.2) is 0 Å². The number of hydrogen-bond donors (Lipinski definition) is 1. The van der Waals surface area contributed by atoms with Gasteiger partial charge in [-0.25, -0.2) is 0 Å². The Labute approximate surface area is 275 Å². The van der Waals surface area contributed by atoms with E-state index >= 15 is 0 Å². The van der Waals surface area contributed by atoms with Crippen molar-refractivity contribution in [3.63, 3.8) is 0 Å². The van der Waals surface area contributed by atoms with Crippen molar-refractivity contribution in [1.82, 2.24) is 0 Å². The zero-order chi connectivity index (χ0) is 32.2. The quantitative estimate of drug-likeness (QED) is 0.0553. The molecule has 0 fully saturated rings. The Balaban J connectivity index is 3.66. The van der Waals surface area contributed by atoms with Crippen LogP contribution >= 0.6 is 0 Å². The Kier molecular flexibility index (Phi) is 35.5. The molecule has 0 spiro atoms. The monoisotopic (exact) mass is 623 g/mol. The first kappa shape index (κ1) is 42.9. The number of esters is 1. The largest absolute Gasteiger partial charge is 0.481 e. The third kappa shape index (κ3) is 35.4. The molecule has 1 N–H and O–H groups in total. The van der Waals surface area contributed by atoms with Gasteiger partial charge in [-0.1, -0.05) is 187 Å². The van der Waals surface area contributed by atoms with Gasteiger partial charge in [0.25, 0.3) is 0 Å². The maximum Gasteiger partial charge on any atom is 0.306 e. The lowest BCUT2D eigenvalue weighted by Gasteiger charge is -2.18. The number of aliphatic carboxylic acids is 1. The summed E-state index contributed by atoms with van der Waals surface area (Å²) >= 11 is 0. The van der Waals surface area contributed by atoms with Gasteiger partial charge in [0.05, 0.1) is 0 Å². The highest BCUT2D eigenvalue weighted by Crippen LogP contribution is 2.19. The topological polar surface area (TPSA) is 63.6 Å². The Hall–Kier alpha value is -1.06. The van der Waals surface area contributed by atoms with E-state index in [9.17, 15) is 9.59 Å². The van der Waals surface area contributed by atoms with Gasteiger partial charge in [-0.3, -0.25) is 9.59 Å². The predicted octanol–water partition coefficient (Wildman–Crippen LogP) is 13.7. The molecule has 0 aliphatic rings. The van der Waals surface area contributed by atoms with Crippen LogP contribution in [-0.2, 0) is 14.3 Å². The normalized spacial score (nSPS) is 12.0. The first-order chi connectivity index (χ1) is 21.6. The Bertz CT molecular complexity index is 590. The summed E-state index contributed by atoms with van der Waals surface area (Å²) in [6, 6.07) is 0. The molecule has 0 heterocycles. The zero-order valence-electron chi connectivity index (χ0n) is 30.0. The molecule has 0 aliphatic heterocycles. The lowest BCUT2D eigenvalue weighted by molar-refractivity contribution is -0.150. The molecular weight excluding hydrogens is 544 g/mol. The SMILES string of the molecule is CCCCCCCCCCCCCCCCCCCC(=O)OC(CCCCC)CCCCCCCCCCCCCC(=O)O. The van der Waals surface area contributed by atoms with Gasteiger partial charge in [0.1, 0.15) is 6.10 Å². The van der Waals surface area contributed by atoms with Gasteiger partial charge in [-0.15, -0.1) is 0 Å². The highest BCUT2D eigenvalue weighted by atomic mass is 16.5. The molecule has 0 bridgehead atoms. The van der Waals surface area contributed by atoms with E-state index in [1.165, 1.54) is 180 Å². The van der Waals surface area contributed by atoms with E-state index in [-0.39, 0.29) is 12.1 Å². The summed E-state index contributed by atoms with van der Waals surface area (Å²) in [6.45, 7) is 4.52. The van der Waals surface area contributed by atoms with Crippen molar-refractivity contribution < 1.29 is 19.4 Å². The van der Waals surface area contributed by atoms with Crippen molar-refractivity contribution in [2.24, 2.45) is 0 Å². The molecule has 0 aromatic heterocycles. The van der Waals surface area contributed by atoms with Crippen molar-refractivity contribution in [1.29, 1.82) is 0 Å². The molecule has 0 saturated heterocycles. The number of hydrogen-bond acceptors (Lipinski definition) is 3. The molecule has 0 aromatic carbocycles. The highest BCUT2D eigenvalue weighted by molar-refractivity contribution is 5.69. The maximum absolute atomic E-state index is 12.5. The molecule has 0 saturated carbocycles. The fraction of sp³-hybridized carbons (Fsp3) is 0.950. The van der Waals surface area contributed by atoms with Crippen LogP contribution in [0.25, 0.3) is 0 Å². The molecule has 0 rings (SSSR count). The summed E-state index contributed by atoms with van der Waals surface area (Å²) < 4.78 is 5.97. The van der Waals surface area contributed by atoms with Crippen LogP contribution in [0, 0.1) is 0 Å². The standard InChI is InChI=1S/C40H78O4/c1-3-5-7-8-9-10-11-12-13-14-15-16-20-23-26-29-33-37-40(43)44-38(34-30-6-4-2)35-31-27-24-21-18-17-19-22-25-28-32-36-39(41)42/h38H,3-37H2,1-2H3,(H,41,42). The Morgan fingerprint density at radius 2 is 0.682 bits per heavy atom. The summed E-state index contributed by atoms with van der Waals surface area (Å²) in [7, 11) is 0. The predicted molar refractivity (Wildman–Crippen MR) is 190 cm³/mol. The number of carbonyl (C=O) groups excluding carboxylic acids is 1. The summed E-state index contributed by atoms with van der Waals surface area (Å²) in [5.74, 6) is -0.633. The maximum atomic E-state index is 12.5. The second kappa shape index (κ2) is 36.4. The van der Waals surface area contributed by atoms with E-state index in [1.807, 2.05) is 0 Å². The average Bonchev–Trinajstić information content (AvgIpc) is 3.00. The van der Waals surface area contributed by atoms with Crippen molar-refractivity contribution in [2.75, 3.05) is 0 Å². The number of rotatable bonds is 37. The summed E-state index contributed by atoms with van der Waals surface area (Å²) in [5, 5.41) is 8.68. The van der Waals surface area contributed by atoms with Gasteiger partial charge in [-0.05, 0) is 38.5 Å². The lowest BCUT2D eigenvalue weighted by atomic mass is 10.0. The summed E-state index contributed by atoms with van der Waals surface area (Å²) in [5.41, 5.74) is 0. The van der Waals surface area contributed by atoms with Crippen molar-refractivity contribution >= 4 is 11.9 Å². The van der Waals surface area contributed by atoms with Crippen molar-refractivity contribution in [3.05, 3.63) is 0 Å². The highest BCUT2D eigenvalue weighted by Gasteiger charge is 2.14. The number of ether oxygens (including phenoxy) is 1. The van der Waals surface area contributed by atoms with Gasteiger partial charge in [0, 0.05) is 12.8 Å². The van der Waals surface area contributed by atoms with E-state index in [2.05, 4.69) is 13.8 Å². The minimum Gasteiger partial charge on any atom is -0.481 e. The molecule has 0 aliphatic carbocycles. The fourth-order valence-corrected chi connectivity index (χ4v) is 6.36. The lowest BCUT2D eigenvalue weighted by Crippen LogP contribution is -2.18. The molecule has 4 nitrogen and oxygen atoms in total. The number of carboxylic acids is 1. The molecule has 1 unspecified atom stereocenters. The van der Waals surface area contributed by atoms with E-state index in [1.54, 1.807) is 0 Å². The fourth-order valence-electron chi connectivity index (χ4n) is 6.36. The number of carbonyl (C=O) groups is 2. The van der Waals surface area contributed by atoms with Gasteiger partial charge in [-0.2, -0.15) is 0 Å². The summed E-state index contributed by atoms with van der Waals surface area (Å²) in [6.07, 6.45) is 43.0. The smallest absolute Gasteiger partial charge is 0.306 e. The van der Waals surface area contributed by atoms with Crippen LogP contribution < -0.4 is 0 Å². The number of unbranched alkanes of at least 4 members (excludes halogenated alkanes) is 28. The van der Waals surface area contributed by atoms with E-state index in [0.29, 0.717) is 12.8 Å². The van der Waals surface area contributed by atoms with Gasteiger partial charge < -0.3 is 9.84 Å². The van der Waals surface area contributed by atoms with Crippen LogP contribution in [0.2, 0.25) is 0 Å². The van der Waals surface area contributed by atoms with Crippen LogP contribution in [0.5, 0.6) is 0 Å². The van der Waals surface area contributed by atoms with E-state index in [0.717, 1.165) is 32.1 Å². The zero-order valence-corrected chi connectivity index (χ0v) is 30.0. The molecule has 0 radical (unpaired) electrons. The van der Waals surface area contributed by atoms with E-state index in [4.69, 9.17) is 9.84 Å². The number of carboxylic acid groups (broad SMARTS) is 1. The van der Waals surface area contributed by atoms with Crippen molar-refractivity contribution in [3.8, 4) is 0 Å². The Morgan fingerprint density at radius 3 is 1.05 bits per heavy atom. The van der Waals surface area contributed by atoms with Crippen molar-refractivity contribution in [2.45, 2.75) is 245 Å². The second-order valence-corrected chi connectivity index (χ2v) is 13.8. The van der Waals surface area contributed by atoms with Gasteiger partial charge >= 0.3 is 11.9 Å². The van der Waals surface area contributed by atoms with Crippen LogP contribution in [0.15, 0.2) is 0 Å². The molecule has 0 amide bonds.